The maximum absolute atomic E-state index is 12.2. The van der Waals surface area contributed by atoms with Gasteiger partial charge >= 0.3 is 0 Å². The molecule has 0 saturated heterocycles. The maximum atomic E-state index is 12.2. The lowest BCUT2D eigenvalue weighted by Gasteiger charge is -2.25. The quantitative estimate of drug-likeness (QED) is 0.922. The van der Waals surface area contributed by atoms with Crippen molar-refractivity contribution >= 4 is 5.91 Å². The smallest absolute Gasteiger partial charge is 0.251 e. The van der Waals surface area contributed by atoms with Gasteiger partial charge in [0, 0.05) is 12.1 Å². The number of hydrogen-bond acceptors (Lipinski definition) is 3. The molecular formula is C18H19N3O. The first-order valence-corrected chi connectivity index (χ1v) is 7.11. The van der Waals surface area contributed by atoms with Crippen LogP contribution in [0.5, 0.6) is 0 Å². The fraction of sp³-hybridized carbons (Fsp3) is 0.222. The first-order valence-electron chi connectivity index (χ1n) is 7.11. The van der Waals surface area contributed by atoms with Gasteiger partial charge in [-0.1, -0.05) is 30.3 Å². The van der Waals surface area contributed by atoms with Crippen LogP contribution >= 0.6 is 0 Å². The summed E-state index contributed by atoms with van der Waals surface area (Å²) < 4.78 is 0. The van der Waals surface area contributed by atoms with E-state index in [2.05, 4.69) is 22.3 Å². The SMILES string of the molecule is CN(C)[C@@H](CNC(=O)c1ccc(C#N)cc1)c1ccccc1. The Morgan fingerprint density at radius 2 is 1.77 bits per heavy atom. The molecule has 0 aliphatic carbocycles. The molecule has 2 aromatic carbocycles. The van der Waals surface area contributed by atoms with E-state index in [0.717, 1.165) is 5.56 Å². The third kappa shape index (κ3) is 3.94. The van der Waals surface area contributed by atoms with E-state index in [4.69, 9.17) is 5.26 Å². The molecule has 22 heavy (non-hydrogen) atoms. The van der Waals surface area contributed by atoms with Gasteiger partial charge in [-0.05, 0) is 43.9 Å². The molecule has 0 saturated carbocycles. The summed E-state index contributed by atoms with van der Waals surface area (Å²) in [5, 5.41) is 11.7. The molecule has 0 aromatic heterocycles. The Morgan fingerprint density at radius 1 is 1.14 bits per heavy atom. The van der Waals surface area contributed by atoms with Gasteiger partial charge in [0.05, 0.1) is 17.7 Å². The molecular weight excluding hydrogens is 274 g/mol. The van der Waals surface area contributed by atoms with Crippen molar-refractivity contribution in [2.75, 3.05) is 20.6 Å². The third-order valence-corrected chi connectivity index (χ3v) is 3.54. The van der Waals surface area contributed by atoms with Crippen LogP contribution in [0.4, 0.5) is 0 Å². The van der Waals surface area contributed by atoms with Crippen molar-refractivity contribution in [3.05, 3.63) is 71.3 Å². The Bertz CT molecular complexity index is 657. The van der Waals surface area contributed by atoms with Crippen molar-refractivity contribution in [2.45, 2.75) is 6.04 Å². The van der Waals surface area contributed by atoms with Crippen LogP contribution in [0.15, 0.2) is 54.6 Å². The topological polar surface area (TPSA) is 56.1 Å². The molecule has 1 N–H and O–H groups in total. The molecule has 112 valence electrons. The predicted molar refractivity (Wildman–Crippen MR) is 86.4 cm³/mol. The molecule has 4 heteroatoms. The van der Waals surface area contributed by atoms with E-state index < -0.39 is 0 Å². The Hall–Kier alpha value is -2.64. The molecule has 0 aliphatic rings. The van der Waals surface area contributed by atoms with E-state index in [1.807, 2.05) is 38.4 Å². The summed E-state index contributed by atoms with van der Waals surface area (Å²) in [5.41, 5.74) is 2.27. The van der Waals surface area contributed by atoms with Crippen LogP contribution in [0, 0.1) is 11.3 Å². The Kier molecular flexibility index (Phi) is 5.29. The van der Waals surface area contributed by atoms with Crippen LogP contribution in [0.2, 0.25) is 0 Å². The zero-order chi connectivity index (χ0) is 15.9. The zero-order valence-electron chi connectivity index (χ0n) is 12.8. The average molecular weight is 293 g/mol. The number of carbonyl (C=O) groups is 1. The molecule has 1 atom stereocenters. The van der Waals surface area contributed by atoms with Crippen molar-refractivity contribution in [1.82, 2.24) is 10.2 Å². The molecule has 4 nitrogen and oxygen atoms in total. The lowest BCUT2D eigenvalue weighted by molar-refractivity contribution is 0.0942. The Labute approximate surface area is 131 Å². The first-order chi connectivity index (χ1) is 10.6. The molecule has 0 heterocycles. The van der Waals surface area contributed by atoms with Crippen molar-refractivity contribution in [2.24, 2.45) is 0 Å². The van der Waals surface area contributed by atoms with Gasteiger partial charge in [-0.3, -0.25) is 4.79 Å². The van der Waals surface area contributed by atoms with E-state index in [-0.39, 0.29) is 11.9 Å². The van der Waals surface area contributed by atoms with Gasteiger partial charge in [0.1, 0.15) is 0 Å². The molecule has 2 aromatic rings. The highest BCUT2D eigenvalue weighted by Gasteiger charge is 2.15. The van der Waals surface area contributed by atoms with E-state index in [9.17, 15) is 4.79 Å². The van der Waals surface area contributed by atoms with Gasteiger partial charge < -0.3 is 10.2 Å². The second-order valence-corrected chi connectivity index (χ2v) is 5.29. The van der Waals surface area contributed by atoms with Gasteiger partial charge in [-0.2, -0.15) is 5.26 Å². The minimum absolute atomic E-state index is 0.114. The monoisotopic (exact) mass is 293 g/mol. The average Bonchev–Trinajstić information content (AvgIpc) is 2.55. The number of likely N-dealkylation sites (N-methyl/N-ethyl adjacent to an activating group) is 1. The van der Waals surface area contributed by atoms with Crippen molar-refractivity contribution in [3.63, 3.8) is 0 Å². The fourth-order valence-electron chi connectivity index (χ4n) is 2.26. The molecule has 0 fully saturated rings. The summed E-state index contributed by atoms with van der Waals surface area (Å²) in [6.45, 7) is 0.524. The highest BCUT2D eigenvalue weighted by molar-refractivity contribution is 5.94. The second kappa shape index (κ2) is 7.39. The minimum atomic E-state index is -0.132. The molecule has 0 unspecified atom stereocenters. The van der Waals surface area contributed by atoms with Gasteiger partial charge in [0.15, 0.2) is 0 Å². The van der Waals surface area contributed by atoms with E-state index in [0.29, 0.717) is 17.7 Å². The second-order valence-electron chi connectivity index (χ2n) is 5.29. The molecule has 2 rings (SSSR count). The summed E-state index contributed by atoms with van der Waals surface area (Å²) in [6, 6.07) is 18.9. The summed E-state index contributed by atoms with van der Waals surface area (Å²) in [6.07, 6.45) is 0. The number of nitrogens with one attached hydrogen (secondary N) is 1. The predicted octanol–water partition coefficient (Wildman–Crippen LogP) is 2.59. The Balaban J connectivity index is 2.03. The van der Waals surface area contributed by atoms with E-state index in [1.54, 1.807) is 24.3 Å². The highest BCUT2D eigenvalue weighted by atomic mass is 16.1. The lowest BCUT2D eigenvalue weighted by Crippen LogP contribution is -2.34. The van der Waals surface area contributed by atoms with Crippen molar-refractivity contribution in [1.29, 1.82) is 5.26 Å². The van der Waals surface area contributed by atoms with Gasteiger partial charge in [-0.25, -0.2) is 0 Å². The standard InChI is InChI=1S/C18H19N3O/c1-21(2)17(15-6-4-3-5-7-15)13-20-18(22)16-10-8-14(12-19)9-11-16/h3-11,17H,13H2,1-2H3,(H,20,22)/t17-/m0/s1. The minimum Gasteiger partial charge on any atom is -0.350 e. The molecule has 1 amide bonds. The van der Waals surface area contributed by atoms with Crippen molar-refractivity contribution < 1.29 is 4.79 Å². The lowest BCUT2D eigenvalue weighted by atomic mass is 10.1. The largest absolute Gasteiger partial charge is 0.350 e. The van der Waals surface area contributed by atoms with E-state index >= 15 is 0 Å². The van der Waals surface area contributed by atoms with Crippen LogP contribution in [-0.4, -0.2) is 31.4 Å². The zero-order valence-corrected chi connectivity index (χ0v) is 12.8. The van der Waals surface area contributed by atoms with Crippen molar-refractivity contribution in [3.8, 4) is 6.07 Å². The first kappa shape index (κ1) is 15.7. The third-order valence-electron chi connectivity index (χ3n) is 3.54. The highest BCUT2D eigenvalue weighted by Crippen LogP contribution is 2.16. The van der Waals surface area contributed by atoms with E-state index in [1.165, 1.54) is 0 Å². The number of hydrogen-bond donors (Lipinski definition) is 1. The molecule has 0 bridgehead atoms. The number of carbonyl (C=O) groups excluding carboxylic acids is 1. The molecule has 0 radical (unpaired) electrons. The van der Waals surface area contributed by atoms with Crippen LogP contribution in [0.1, 0.15) is 27.5 Å². The summed E-state index contributed by atoms with van der Waals surface area (Å²) >= 11 is 0. The number of nitriles is 1. The fourth-order valence-corrected chi connectivity index (χ4v) is 2.26. The van der Waals surface area contributed by atoms with Gasteiger partial charge in [0.25, 0.3) is 5.91 Å². The molecule has 0 spiro atoms. The van der Waals surface area contributed by atoms with Crippen LogP contribution in [-0.2, 0) is 0 Å². The number of nitrogens with zero attached hydrogens (tertiary/aromatic N) is 2. The summed E-state index contributed by atoms with van der Waals surface area (Å²) in [7, 11) is 3.98. The van der Waals surface area contributed by atoms with Gasteiger partial charge in [-0.15, -0.1) is 0 Å². The van der Waals surface area contributed by atoms with Crippen LogP contribution in [0.25, 0.3) is 0 Å². The number of benzene rings is 2. The van der Waals surface area contributed by atoms with Crippen LogP contribution < -0.4 is 5.32 Å². The summed E-state index contributed by atoms with van der Waals surface area (Å²) in [4.78, 5) is 14.3. The number of amides is 1. The van der Waals surface area contributed by atoms with Crippen LogP contribution in [0.3, 0.4) is 0 Å². The maximum Gasteiger partial charge on any atom is 0.251 e. The normalized spacial score (nSPS) is 11.7. The molecule has 0 aliphatic heterocycles. The van der Waals surface area contributed by atoms with Gasteiger partial charge in [0.2, 0.25) is 0 Å². The Morgan fingerprint density at radius 3 is 2.32 bits per heavy atom. The summed E-state index contributed by atoms with van der Waals surface area (Å²) in [5.74, 6) is -0.132. The number of rotatable bonds is 5.